The fourth-order valence-corrected chi connectivity index (χ4v) is 5.26. The van der Waals surface area contributed by atoms with Gasteiger partial charge in [-0.25, -0.2) is 13.4 Å². The Balaban J connectivity index is 1.63. The molecule has 3 heterocycles. The quantitative estimate of drug-likeness (QED) is 0.394. The molecular formula is C27H32F3N5O4S. The van der Waals surface area contributed by atoms with Crippen LogP contribution in [0, 0.1) is 11.8 Å². The number of aromatic nitrogens is 2. The van der Waals surface area contributed by atoms with Crippen molar-refractivity contribution in [1.82, 2.24) is 19.6 Å². The lowest BCUT2D eigenvalue weighted by atomic mass is 10.1. The van der Waals surface area contributed by atoms with Gasteiger partial charge in [0.05, 0.1) is 55.6 Å². The van der Waals surface area contributed by atoms with E-state index in [1.807, 2.05) is 25.1 Å². The highest BCUT2D eigenvalue weighted by atomic mass is 32.2. The van der Waals surface area contributed by atoms with E-state index in [4.69, 9.17) is 9.47 Å². The molecule has 1 fully saturated rings. The summed E-state index contributed by atoms with van der Waals surface area (Å²) in [6.07, 6.45) is -2.99. The van der Waals surface area contributed by atoms with Crippen LogP contribution < -0.4 is 15.4 Å². The number of hydrogen-bond acceptors (Lipinski definition) is 8. The summed E-state index contributed by atoms with van der Waals surface area (Å²) < 4.78 is 76.9. The zero-order valence-electron chi connectivity index (χ0n) is 22.7. The average molecular weight is 580 g/mol. The molecule has 0 amide bonds. The van der Waals surface area contributed by atoms with E-state index in [2.05, 4.69) is 27.5 Å². The zero-order valence-corrected chi connectivity index (χ0v) is 23.5. The third-order valence-electron chi connectivity index (χ3n) is 6.32. The molecule has 0 aliphatic carbocycles. The van der Waals surface area contributed by atoms with Gasteiger partial charge in [0.25, 0.3) is 0 Å². The molecule has 1 aliphatic rings. The summed E-state index contributed by atoms with van der Waals surface area (Å²) in [5.74, 6) is 5.93. The van der Waals surface area contributed by atoms with Crippen molar-refractivity contribution in [2.45, 2.75) is 29.6 Å². The monoisotopic (exact) mass is 579 g/mol. The molecule has 1 aliphatic heterocycles. The zero-order chi connectivity index (χ0) is 29.1. The number of anilines is 1. The highest BCUT2D eigenvalue weighted by molar-refractivity contribution is 7.90. The van der Waals surface area contributed by atoms with E-state index < -0.39 is 22.4 Å². The van der Waals surface area contributed by atoms with Crippen LogP contribution in [0.5, 0.6) is 5.75 Å². The number of methoxy groups -OCH3 is 1. The van der Waals surface area contributed by atoms with Crippen LogP contribution in [-0.4, -0.2) is 88.7 Å². The number of imidazole rings is 1. The Morgan fingerprint density at radius 3 is 2.73 bits per heavy atom. The van der Waals surface area contributed by atoms with Crippen molar-refractivity contribution < 1.29 is 31.1 Å². The van der Waals surface area contributed by atoms with E-state index in [1.54, 1.807) is 18.3 Å². The Morgan fingerprint density at radius 2 is 2.05 bits per heavy atom. The van der Waals surface area contributed by atoms with Crippen LogP contribution in [0.2, 0.25) is 0 Å². The van der Waals surface area contributed by atoms with Crippen molar-refractivity contribution in [3.8, 4) is 17.6 Å². The molecule has 2 N–H and O–H groups in total. The van der Waals surface area contributed by atoms with Crippen molar-refractivity contribution in [2.24, 2.45) is 0 Å². The van der Waals surface area contributed by atoms with Gasteiger partial charge in [-0.05, 0) is 38.2 Å². The van der Waals surface area contributed by atoms with Crippen LogP contribution in [0.25, 0.3) is 5.65 Å². The molecular weight excluding hydrogens is 547 g/mol. The van der Waals surface area contributed by atoms with E-state index >= 15 is 0 Å². The van der Waals surface area contributed by atoms with Gasteiger partial charge in [-0.1, -0.05) is 12.0 Å². The summed E-state index contributed by atoms with van der Waals surface area (Å²) in [5.41, 5.74) is 1.61. The first-order valence-corrected chi connectivity index (χ1v) is 14.4. The number of pyridine rings is 1. The fourth-order valence-electron chi connectivity index (χ4n) is 4.62. The second-order valence-electron chi connectivity index (χ2n) is 9.86. The third kappa shape index (κ3) is 7.25. The van der Waals surface area contributed by atoms with E-state index in [0.29, 0.717) is 30.3 Å². The Kier molecular flexibility index (Phi) is 8.94. The van der Waals surface area contributed by atoms with E-state index in [0.717, 1.165) is 18.4 Å². The van der Waals surface area contributed by atoms with Gasteiger partial charge in [0.1, 0.15) is 17.1 Å². The summed E-state index contributed by atoms with van der Waals surface area (Å²) in [6, 6.07) is 7.73. The van der Waals surface area contributed by atoms with Gasteiger partial charge >= 0.3 is 6.18 Å². The van der Waals surface area contributed by atoms with E-state index in [9.17, 15) is 21.6 Å². The number of halogens is 3. The largest absolute Gasteiger partial charge is 0.495 e. The molecule has 0 saturated carbocycles. The number of ether oxygens (including phenoxy) is 2. The highest BCUT2D eigenvalue weighted by Gasteiger charge is 2.32. The second-order valence-corrected chi connectivity index (χ2v) is 11.9. The van der Waals surface area contributed by atoms with Crippen LogP contribution in [0.15, 0.2) is 41.4 Å². The number of fused-ring (bicyclic) bond motifs is 1. The number of alkyl halides is 3. The van der Waals surface area contributed by atoms with Gasteiger partial charge in [-0.2, -0.15) is 13.2 Å². The van der Waals surface area contributed by atoms with Gasteiger partial charge in [0.15, 0.2) is 9.84 Å². The Morgan fingerprint density at radius 1 is 1.27 bits per heavy atom. The van der Waals surface area contributed by atoms with Gasteiger partial charge in [0, 0.05) is 36.7 Å². The van der Waals surface area contributed by atoms with Gasteiger partial charge in [-0.15, -0.1) is 0 Å². The molecule has 0 radical (unpaired) electrons. The Hall–Kier alpha value is -3.31. The minimum atomic E-state index is -4.46. The highest BCUT2D eigenvalue weighted by Crippen LogP contribution is 2.29. The van der Waals surface area contributed by atoms with Gasteiger partial charge in [0.2, 0.25) is 0 Å². The predicted octanol–water partition coefficient (Wildman–Crippen LogP) is 2.91. The van der Waals surface area contributed by atoms with Crippen LogP contribution in [-0.2, 0) is 21.0 Å². The minimum Gasteiger partial charge on any atom is -0.495 e. The topological polar surface area (TPSA) is 97.2 Å². The van der Waals surface area contributed by atoms with Crippen molar-refractivity contribution >= 4 is 21.2 Å². The first-order valence-electron chi connectivity index (χ1n) is 12.5. The maximum absolute atomic E-state index is 13.6. The fraction of sp³-hybridized carbons (Fsp3) is 0.444. The Labute approximate surface area is 231 Å². The molecule has 1 unspecified atom stereocenters. The van der Waals surface area contributed by atoms with Crippen molar-refractivity contribution in [3.05, 3.63) is 53.5 Å². The lowest BCUT2D eigenvalue weighted by Crippen LogP contribution is -2.48. The number of rotatable bonds is 8. The lowest BCUT2D eigenvalue weighted by Gasteiger charge is -2.33. The van der Waals surface area contributed by atoms with Crippen LogP contribution in [0.4, 0.5) is 18.9 Å². The number of morpholine rings is 1. The number of nitrogens with zero attached hydrogens (tertiary/aromatic N) is 3. The predicted molar refractivity (Wildman–Crippen MR) is 145 cm³/mol. The molecule has 1 saturated heterocycles. The number of nitrogens with one attached hydrogen (secondary N) is 2. The summed E-state index contributed by atoms with van der Waals surface area (Å²) in [5, 5.41) is 6.54. The molecule has 3 aromatic rings. The SMILES string of the molecule is COc1cc(S(C)(=O)=O)ccc1NCC#Cc1nc2c(C3COC[C@@H](CN(C)C)N3)cccn2c1CC(F)(F)F. The Bertz CT molecular complexity index is 1530. The molecule has 9 nitrogen and oxygen atoms in total. The summed E-state index contributed by atoms with van der Waals surface area (Å²) in [7, 11) is 1.91. The molecule has 40 heavy (non-hydrogen) atoms. The smallest absolute Gasteiger partial charge is 0.394 e. The summed E-state index contributed by atoms with van der Waals surface area (Å²) in [6.45, 7) is 1.72. The molecule has 2 atom stereocenters. The van der Waals surface area contributed by atoms with Crippen molar-refractivity contribution in [3.63, 3.8) is 0 Å². The maximum atomic E-state index is 13.6. The first kappa shape index (κ1) is 29.7. The molecule has 0 spiro atoms. The van der Waals surface area contributed by atoms with Crippen molar-refractivity contribution in [1.29, 1.82) is 0 Å². The number of sulfone groups is 1. The summed E-state index contributed by atoms with van der Waals surface area (Å²) >= 11 is 0. The van der Waals surface area contributed by atoms with Crippen LogP contribution in [0.3, 0.4) is 0 Å². The minimum absolute atomic E-state index is 0.0348. The molecule has 4 rings (SSSR count). The summed E-state index contributed by atoms with van der Waals surface area (Å²) in [4.78, 5) is 6.68. The molecule has 0 bridgehead atoms. The van der Waals surface area contributed by atoms with Gasteiger partial charge < -0.3 is 29.4 Å². The molecule has 1 aromatic carbocycles. The standard InChI is InChI=1S/C27H32F3N5O4S/c1-34(2)15-18-16-39-17-23(32-18)20-7-6-12-35-24(14-27(28,29)30)21(33-26(20)35)8-5-11-31-22-10-9-19(40(4,36)37)13-25(22)38-3/h6-7,9-10,12-13,18,23,31-32H,11,14-17H2,1-4H3/t18-,23?/m1/s1. The molecule has 2 aromatic heterocycles. The average Bonchev–Trinajstić information content (AvgIpc) is 3.21. The normalized spacial score (nSPS) is 18.0. The van der Waals surface area contributed by atoms with Crippen LogP contribution in [0.1, 0.15) is 23.0 Å². The van der Waals surface area contributed by atoms with Crippen LogP contribution >= 0.6 is 0 Å². The number of benzene rings is 1. The number of likely N-dealkylation sites (N-methyl/N-ethyl adjacent to an activating group) is 1. The molecule has 216 valence electrons. The third-order valence-corrected chi connectivity index (χ3v) is 7.43. The lowest BCUT2D eigenvalue weighted by molar-refractivity contribution is -0.128. The number of hydrogen-bond donors (Lipinski definition) is 2. The van der Waals surface area contributed by atoms with Gasteiger partial charge in [-0.3, -0.25) is 0 Å². The second kappa shape index (κ2) is 12.1. The maximum Gasteiger partial charge on any atom is 0.394 e. The molecule has 13 heteroatoms. The van der Waals surface area contributed by atoms with Crippen molar-refractivity contribution in [2.75, 3.05) is 59.1 Å². The van der Waals surface area contributed by atoms with E-state index in [1.165, 1.54) is 23.6 Å². The first-order chi connectivity index (χ1) is 18.9. The van der Waals surface area contributed by atoms with E-state index in [-0.39, 0.29) is 34.9 Å².